The predicted molar refractivity (Wildman–Crippen MR) is 78.4 cm³/mol. The van der Waals surface area contributed by atoms with E-state index in [2.05, 4.69) is 0 Å². The fourth-order valence-electron chi connectivity index (χ4n) is 2.08. The van der Waals surface area contributed by atoms with E-state index in [1.807, 2.05) is 0 Å². The molecule has 0 spiro atoms. The van der Waals surface area contributed by atoms with Crippen molar-refractivity contribution in [2.75, 3.05) is 6.54 Å². The Morgan fingerprint density at radius 2 is 1.57 bits per heavy atom. The van der Waals surface area contributed by atoms with E-state index in [0.29, 0.717) is 13.0 Å². The molecule has 5 atom stereocenters. The molecule has 1 fully saturated rings. The second-order valence-corrected chi connectivity index (χ2v) is 5.60. The predicted octanol–water partition coefficient (Wildman–Crippen LogP) is -2.79. The molecule has 1 rings (SSSR count). The Morgan fingerprint density at radius 3 is 1.91 bits per heavy atom. The summed E-state index contributed by atoms with van der Waals surface area (Å²) < 4.78 is 0. The van der Waals surface area contributed by atoms with Crippen LogP contribution in [0, 0.1) is 0 Å². The average Bonchev–Trinajstić information content (AvgIpc) is 2.45. The average molecular weight is 338 g/mol. The summed E-state index contributed by atoms with van der Waals surface area (Å²) in [5.74, 6) is -2.44. The van der Waals surface area contributed by atoms with Crippen LogP contribution < -0.4 is 11.5 Å². The van der Waals surface area contributed by atoms with Crippen LogP contribution in [-0.4, -0.2) is 79.1 Å². The Bertz CT molecular complexity index is 380. The quantitative estimate of drug-likeness (QED) is 0.233. The Kier molecular flexibility index (Phi) is 9.20. The number of aliphatic hydroxyl groups excluding tert-OH is 3. The van der Waals surface area contributed by atoms with Gasteiger partial charge in [0, 0.05) is 12.8 Å². The molecule has 0 radical (unpaired) electrons. The van der Waals surface area contributed by atoms with Crippen LogP contribution in [0.15, 0.2) is 0 Å². The van der Waals surface area contributed by atoms with E-state index in [9.17, 15) is 14.7 Å². The largest absolute Gasteiger partial charge is 0.480 e. The van der Waals surface area contributed by atoms with Gasteiger partial charge in [-0.15, -0.1) is 0 Å². The van der Waals surface area contributed by atoms with Gasteiger partial charge in [-0.25, -0.2) is 4.79 Å². The molecule has 10 nitrogen and oxygen atoms in total. The lowest BCUT2D eigenvalue weighted by Crippen LogP contribution is -2.56. The summed E-state index contributed by atoms with van der Waals surface area (Å²) in [6, 6.07) is -0.716. The molecule has 1 saturated carbocycles. The zero-order valence-corrected chi connectivity index (χ0v) is 12.7. The lowest BCUT2D eigenvalue weighted by atomic mass is 9.80. The monoisotopic (exact) mass is 338 g/mol. The van der Waals surface area contributed by atoms with Crippen LogP contribution in [0.1, 0.15) is 32.1 Å². The summed E-state index contributed by atoms with van der Waals surface area (Å²) in [6.07, 6.45) is -2.99. The number of nitrogens with two attached hydrogens (primary N) is 2. The van der Waals surface area contributed by atoms with Gasteiger partial charge in [-0.2, -0.15) is 0 Å². The van der Waals surface area contributed by atoms with Gasteiger partial charge >= 0.3 is 11.9 Å². The lowest BCUT2D eigenvalue weighted by Gasteiger charge is -2.37. The zero-order chi connectivity index (χ0) is 18.2. The number of hydrogen-bond donors (Lipinski definition) is 8. The summed E-state index contributed by atoms with van der Waals surface area (Å²) in [6.45, 7) is 0.604. The number of aliphatic hydroxyl groups is 4. The number of carboxylic acid groups (broad SMARTS) is 2. The molecule has 0 aromatic rings. The summed E-state index contributed by atoms with van der Waals surface area (Å²) in [5.41, 5.74) is 8.28. The molecule has 0 saturated heterocycles. The van der Waals surface area contributed by atoms with Crippen molar-refractivity contribution in [3.8, 4) is 0 Å². The molecule has 0 bridgehead atoms. The second-order valence-electron chi connectivity index (χ2n) is 5.60. The van der Waals surface area contributed by atoms with Gasteiger partial charge < -0.3 is 42.1 Å². The van der Waals surface area contributed by atoms with Crippen LogP contribution in [0.3, 0.4) is 0 Å². The van der Waals surface area contributed by atoms with Gasteiger partial charge in [0.25, 0.3) is 0 Å². The summed E-state index contributed by atoms with van der Waals surface area (Å²) >= 11 is 0. The van der Waals surface area contributed by atoms with Crippen LogP contribution in [0.4, 0.5) is 0 Å². The van der Waals surface area contributed by atoms with E-state index in [1.54, 1.807) is 0 Å². The normalized spacial score (nSPS) is 31.7. The maximum absolute atomic E-state index is 10.5. The molecule has 1 aliphatic rings. The number of hydrogen-bond acceptors (Lipinski definition) is 8. The van der Waals surface area contributed by atoms with Crippen LogP contribution in [0.25, 0.3) is 0 Å². The molecule has 0 amide bonds. The minimum atomic E-state index is -2.14. The first-order valence-electron chi connectivity index (χ1n) is 7.23. The van der Waals surface area contributed by atoms with Crippen molar-refractivity contribution in [1.29, 1.82) is 0 Å². The molecule has 23 heavy (non-hydrogen) atoms. The number of carbonyl (C=O) groups is 2. The second kappa shape index (κ2) is 9.75. The highest BCUT2D eigenvalue weighted by Gasteiger charge is 2.48. The first-order valence-corrected chi connectivity index (χ1v) is 7.23. The molecular weight excluding hydrogens is 312 g/mol. The van der Waals surface area contributed by atoms with Crippen LogP contribution >= 0.6 is 0 Å². The van der Waals surface area contributed by atoms with Crippen molar-refractivity contribution in [2.24, 2.45) is 11.5 Å². The maximum Gasteiger partial charge on any atom is 0.335 e. The Hall–Kier alpha value is -1.30. The van der Waals surface area contributed by atoms with Gasteiger partial charge in [0.15, 0.2) is 5.60 Å². The van der Waals surface area contributed by atoms with Crippen LogP contribution in [-0.2, 0) is 9.59 Å². The number of carboxylic acids is 2. The molecule has 10 heteroatoms. The SMILES string of the molecule is NCCCCC(N)C(=O)O.O=C(O)[C@@]1(O)CC(O)[C@H](O)[C@H](O)C1. The molecular formula is C13H26N2O8. The minimum Gasteiger partial charge on any atom is -0.480 e. The molecule has 0 aromatic carbocycles. The lowest BCUT2D eigenvalue weighted by molar-refractivity contribution is -0.187. The van der Waals surface area contributed by atoms with Crippen LogP contribution in [0.5, 0.6) is 0 Å². The van der Waals surface area contributed by atoms with Gasteiger partial charge in [-0.3, -0.25) is 4.79 Å². The van der Waals surface area contributed by atoms with Crippen molar-refractivity contribution in [3.05, 3.63) is 0 Å². The highest BCUT2D eigenvalue weighted by molar-refractivity contribution is 5.77. The van der Waals surface area contributed by atoms with Crippen molar-refractivity contribution in [2.45, 2.75) is 62.1 Å². The van der Waals surface area contributed by atoms with Crippen LogP contribution in [0.2, 0.25) is 0 Å². The highest BCUT2D eigenvalue weighted by atomic mass is 16.4. The van der Waals surface area contributed by atoms with Crippen molar-refractivity contribution < 1.29 is 40.2 Å². The van der Waals surface area contributed by atoms with Crippen molar-refractivity contribution in [3.63, 3.8) is 0 Å². The van der Waals surface area contributed by atoms with E-state index in [-0.39, 0.29) is 0 Å². The molecule has 1 aliphatic carbocycles. The molecule has 10 N–H and O–H groups in total. The highest BCUT2D eigenvalue weighted by Crippen LogP contribution is 2.29. The number of rotatable bonds is 6. The molecule has 0 aliphatic heterocycles. The third kappa shape index (κ3) is 7.20. The van der Waals surface area contributed by atoms with Gasteiger partial charge in [-0.1, -0.05) is 6.42 Å². The van der Waals surface area contributed by atoms with E-state index < -0.39 is 54.7 Å². The zero-order valence-electron chi connectivity index (χ0n) is 12.7. The minimum absolute atomic E-state index is 0.472. The topological polar surface area (TPSA) is 208 Å². The van der Waals surface area contributed by atoms with Crippen molar-refractivity contribution >= 4 is 11.9 Å². The first kappa shape index (κ1) is 21.7. The van der Waals surface area contributed by atoms with Gasteiger partial charge in [0.1, 0.15) is 12.1 Å². The van der Waals surface area contributed by atoms with E-state index in [0.717, 1.165) is 12.8 Å². The molecule has 0 aromatic heterocycles. The van der Waals surface area contributed by atoms with Gasteiger partial charge in [0.2, 0.25) is 0 Å². The third-order valence-corrected chi connectivity index (χ3v) is 3.57. The standard InChI is InChI=1S/C7H12O6.C6H14N2O2/c8-3-1-7(13,6(11)12)2-4(9)5(3)10;7-4-2-1-3-5(8)6(9)10/h3-5,8-10,13H,1-2H2,(H,11,12);5H,1-4,7-8H2,(H,9,10)/t3-,4?,5-,7+;/m1./s1. The van der Waals surface area contributed by atoms with E-state index in [4.69, 9.17) is 37.0 Å². The van der Waals surface area contributed by atoms with Crippen molar-refractivity contribution in [1.82, 2.24) is 0 Å². The van der Waals surface area contributed by atoms with E-state index >= 15 is 0 Å². The third-order valence-electron chi connectivity index (χ3n) is 3.57. The van der Waals surface area contributed by atoms with Gasteiger partial charge in [0.05, 0.1) is 12.2 Å². The van der Waals surface area contributed by atoms with E-state index in [1.165, 1.54) is 0 Å². The summed E-state index contributed by atoms with van der Waals surface area (Å²) in [7, 11) is 0. The Balaban J connectivity index is 0.000000438. The molecule has 0 heterocycles. The van der Waals surface area contributed by atoms with Gasteiger partial charge in [-0.05, 0) is 19.4 Å². The Morgan fingerprint density at radius 1 is 1.09 bits per heavy atom. The number of aliphatic carboxylic acids is 2. The summed E-state index contributed by atoms with van der Waals surface area (Å²) in [4.78, 5) is 20.7. The summed E-state index contributed by atoms with van der Waals surface area (Å²) in [5, 5.41) is 53.5. The smallest absolute Gasteiger partial charge is 0.335 e. The number of unbranched alkanes of at least 4 members (excludes halogenated alkanes) is 1. The fourth-order valence-corrected chi connectivity index (χ4v) is 2.08. The fraction of sp³-hybridized carbons (Fsp3) is 0.846. The first-order chi connectivity index (χ1) is 10.5. The molecule has 136 valence electrons. The Labute approximate surface area is 133 Å². The maximum atomic E-state index is 10.5. The molecule has 2 unspecified atom stereocenters.